The molecule has 0 bridgehead atoms. The van der Waals surface area contributed by atoms with E-state index in [2.05, 4.69) is 16.9 Å². The number of rotatable bonds is 7. The Morgan fingerprint density at radius 2 is 2.04 bits per heavy atom. The lowest BCUT2D eigenvalue weighted by Gasteiger charge is -2.31. The van der Waals surface area contributed by atoms with Crippen LogP contribution in [-0.4, -0.2) is 54.4 Å². The Balaban J connectivity index is 1.55. The summed E-state index contributed by atoms with van der Waals surface area (Å²) in [4.78, 5) is 22.0. The zero-order valence-electron chi connectivity index (χ0n) is 16.3. The minimum atomic E-state index is -0.208. The number of aromatic nitrogens is 2. The zero-order valence-corrected chi connectivity index (χ0v) is 17.1. The Bertz CT molecular complexity index is 809. The van der Waals surface area contributed by atoms with Gasteiger partial charge in [0.25, 0.3) is 0 Å². The number of amides is 1. The SMILES string of the molecule is CCCCOC(=O)N1CCC(COc2cc3ncnc(Cl)c3cc2OC)CC1. The zero-order chi connectivity index (χ0) is 19.9. The Hall–Kier alpha value is -2.28. The largest absolute Gasteiger partial charge is 0.493 e. The van der Waals surface area contributed by atoms with Crippen molar-refractivity contribution in [1.82, 2.24) is 14.9 Å². The number of methoxy groups -OCH3 is 1. The van der Waals surface area contributed by atoms with Crippen molar-refractivity contribution in [2.45, 2.75) is 32.6 Å². The molecule has 0 N–H and O–H groups in total. The molecule has 7 nitrogen and oxygen atoms in total. The number of carbonyl (C=O) groups excluding carboxylic acids is 1. The maximum atomic E-state index is 12.0. The van der Waals surface area contributed by atoms with Crippen LogP contribution < -0.4 is 9.47 Å². The molecule has 1 aliphatic rings. The van der Waals surface area contributed by atoms with Crippen LogP contribution in [-0.2, 0) is 4.74 Å². The molecule has 1 saturated heterocycles. The third kappa shape index (κ3) is 4.95. The fourth-order valence-electron chi connectivity index (χ4n) is 3.19. The number of fused-ring (bicyclic) bond motifs is 1. The van der Waals surface area contributed by atoms with Crippen molar-refractivity contribution in [2.24, 2.45) is 5.92 Å². The third-order valence-corrected chi connectivity index (χ3v) is 5.24. The van der Waals surface area contributed by atoms with Gasteiger partial charge in [-0.2, -0.15) is 0 Å². The molecule has 0 saturated carbocycles. The van der Waals surface area contributed by atoms with Gasteiger partial charge in [0.1, 0.15) is 11.5 Å². The number of hydrogen-bond donors (Lipinski definition) is 0. The van der Waals surface area contributed by atoms with Crippen molar-refractivity contribution < 1.29 is 19.0 Å². The minimum Gasteiger partial charge on any atom is -0.493 e. The van der Waals surface area contributed by atoms with E-state index in [1.54, 1.807) is 18.1 Å². The van der Waals surface area contributed by atoms with E-state index in [0.717, 1.165) is 31.1 Å². The average Bonchev–Trinajstić information content (AvgIpc) is 2.72. The fraction of sp³-hybridized carbons (Fsp3) is 0.550. The summed E-state index contributed by atoms with van der Waals surface area (Å²) in [5.41, 5.74) is 0.709. The van der Waals surface area contributed by atoms with Gasteiger partial charge in [0, 0.05) is 24.5 Å². The van der Waals surface area contributed by atoms with E-state index in [1.807, 2.05) is 6.07 Å². The van der Waals surface area contributed by atoms with E-state index in [-0.39, 0.29) is 6.09 Å². The van der Waals surface area contributed by atoms with Crippen molar-refractivity contribution in [3.8, 4) is 11.5 Å². The van der Waals surface area contributed by atoms with Gasteiger partial charge in [0.2, 0.25) is 0 Å². The van der Waals surface area contributed by atoms with Crippen molar-refractivity contribution in [2.75, 3.05) is 33.4 Å². The summed E-state index contributed by atoms with van der Waals surface area (Å²) < 4.78 is 16.7. The quantitative estimate of drug-likeness (QED) is 0.502. The molecule has 3 rings (SSSR count). The van der Waals surface area contributed by atoms with Crippen LogP contribution in [0.15, 0.2) is 18.5 Å². The van der Waals surface area contributed by atoms with Gasteiger partial charge in [-0.1, -0.05) is 24.9 Å². The predicted molar refractivity (Wildman–Crippen MR) is 107 cm³/mol. The number of ether oxygens (including phenoxy) is 3. The smallest absolute Gasteiger partial charge is 0.409 e. The first-order chi connectivity index (χ1) is 13.6. The highest BCUT2D eigenvalue weighted by molar-refractivity contribution is 6.34. The predicted octanol–water partition coefficient (Wildman–Crippen LogP) is 4.32. The number of halogens is 1. The number of piperidine rings is 1. The van der Waals surface area contributed by atoms with E-state index in [1.165, 1.54) is 6.33 Å². The summed E-state index contributed by atoms with van der Waals surface area (Å²) in [6.07, 6.45) is 4.90. The third-order valence-electron chi connectivity index (χ3n) is 4.94. The van der Waals surface area contributed by atoms with E-state index < -0.39 is 0 Å². The molecule has 0 atom stereocenters. The lowest BCUT2D eigenvalue weighted by Crippen LogP contribution is -2.40. The van der Waals surface area contributed by atoms with Crippen molar-refractivity contribution in [1.29, 1.82) is 0 Å². The van der Waals surface area contributed by atoms with Gasteiger partial charge in [-0.05, 0) is 31.2 Å². The van der Waals surface area contributed by atoms with E-state index >= 15 is 0 Å². The van der Waals surface area contributed by atoms with Crippen LogP contribution in [0.5, 0.6) is 11.5 Å². The molecule has 1 aromatic heterocycles. The summed E-state index contributed by atoms with van der Waals surface area (Å²) >= 11 is 6.13. The number of likely N-dealkylation sites (tertiary alicyclic amines) is 1. The molecule has 0 aliphatic carbocycles. The molecule has 1 aliphatic heterocycles. The molecule has 0 unspecified atom stereocenters. The monoisotopic (exact) mass is 407 g/mol. The number of carbonyl (C=O) groups is 1. The van der Waals surface area contributed by atoms with Crippen LogP contribution in [0.4, 0.5) is 4.79 Å². The highest BCUT2D eigenvalue weighted by atomic mass is 35.5. The van der Waals surface area contributed by atoms with Gasteiger partial charge in [-0.15, -0.1) is 0 Å². The maximum Gasteiger partial charge on any atom is 0.409 e. The first kappa shape index (κ1) is 20.5. The Labute approximate surface area is 169 Å². The van der Waals surface area contributed by atoms with Crippen LogP contribution in [0.2, 0.25) is 5.15 Å². The van der Waals surface area contributed by atoms with Gasteiger partial charge in [0.15, 0.2) is 11.5 Å². The van der Waals surface area contributed by atoms with Gasteiger partial charge in [0.05, 0.1) is 25.8 Å². The highest BCUT2D eigenvalue weighted by Crippen LogP contribution is 2.34. The van der Waals surface area contributed by atoms with Crippen LogP contribution in [0.1, 0.15) is 32.6 Å². The van der Waals surface area contributed by atoms with Gasteiger partial charge in [-0.25, -0.2) is 14.8 Å². The van der Waals surface area contributed by atoms with Gasteiger partial charge < -0.3 is 19.1 Å². The second kappa shape index (κ2) is 9.78. The average molecular weight is 408 g/mol. The first-order valence-corrected chi connectivity index (χ1v) is 10.0. The molecule has 28 heavy (non-hydrogen) atoms. The van der Waals surface area contributed by atoms with Crippen LogP contribution in [0.3, 0.4) is 0 Å². The van der Waals surface area contributed by atoms with Crippen molar-refractivity contribution in [3.05, 3.63) is 23.6 Å². The molecular formula is C20H26ClN3O4. The van der Waals surface area contributed by atoms with E-state index in [0.29, 0.717) is 54.4 Å². The molecule has 0 spiro atoms. The summed E-state index contributed by atoms with van der Waals surface area (Å²) in [6.45, 7) is 4.51. The minimum absolute atomic E-state index is 0.208. The van der Waals surface area contributed by atoms with Crippen LogP contribution >= 0.6 is 11.6 Å². The lowest BCUT2D eigenvalue weighted by molar-refractivity contribution is 0.0798. The molecular weight excluding hydrogens is 382 g/mol. The van der Waals surface area contributed by atoms with Crippen LogP contribution in [0, 0.1) is 5.92 Å². The maximum absolute atomic E-state index is 12.0. The Morgan fingerprint density at radius 3 is 2.75 bits per heavy atom. The molecule has 152 valence electrons. The van der Waals surface area contributed by atoms with Crippen molar-refractivity contribution >= 4 is 28.6 Å². The Morgan fingerprint density at radius 1 is 1.25 bits per heavy atom. The lowest BCUT2D eigenvalue weighted by atomic mass is 9.98. The number of benzene rings is 1. The van der Waals surface area contributed by atoms with Gasteiger partial charge >= 0.3 is 6.09 Å². The van der Waals surface area contributed by atoms with E-state index in [9.17, 15) is 4.79 Å². The Kier molecular flexibility index (Phi) is 7.14. The van der Waals surface area contributed by atoms with Crippen molar-refractivity contribution in [3.63, 3.8) is 0 Å². The van der Waals surface area contributed by atoms with Crippen LogP contribution in [0.25, 0.3) is 10.9 Å². The first-order valence-electron chi connectivity index (χ1n) is 9.65. The number of nitrogens with zero attached hydrogens (tertiary/aromatic N) is 3. The second-order valence-electron chi connectivity index (χ2n) is 6.89. The molecule has 1 amide bonds. The summed E-state index contributed by atoms with van der Waals surface area (Å²) in [7, 11) is 1.59. The summed E-state index contributed by atoms with van der Waals surface area (Å²) in [5, 5.41) is 1.11. The normalized spacial score (nSPS) is 14.9. The fourth-order valence-corrected chi connectivity index (χ4v) is 3.38. The molecule has 1 fully saturated rings. The van der Waals surface area contributed by atoms with Gasteiger partial charge in [-0.3, -0.25) is 0 Å². The summed E-state index contributed by atoms with van der Waals surface area (Å²) in [5.74, 6) is 1.60. The standard InChI is InChI=1S/C20H26ClN3O4/c1-3-4-9-27-20(25)24-7-5-14(6-8-24)12-28-18-11-16-15(10-17(18)26-2)19(21)23-13-22-16/h10-11,13-14H,3-9,12H2,1-2H3. The molecule has 2 aromatic rings. The molecule has 0 radical (unpaired) electrons. The van der Waals surface area contributed by atoms with E-state index in [4.69, 9.17) is 25.8 Å². The molecule has 2 heterocycles. The summed E-state index contributed by atoms with van der Waals surface area (Å²) in [6, 6.07) is 3.61. The topological polar surface area (TPSA) is 73.8 Å². The highest BCUT2D eigenvalue weighted by Gasteiger charge is 2.24. The molecule has 1 aromatic carbocycles. The number of unbranched alkanes of at least 4 members (excludes halogenated alkanes) is 1. The second-order valence-corrected chi connectivity index (χ2v) is 7.25. The number of hydrogen-bond acceptors (Lipinski definition) is 6. The molecule has 8 heteroatoms.